The van der Waals surface area contributed by atoms with Gasteiger partial charge in [0.2, 0.25) is 5.91 Å². The number of hydrogen-bond acceptors (Lipinski definition) is 8. The lowest BCUT2D eigenvalue weighted by Gasteiger charge is -2.22. The Morgan fingerprint density at radius 3 is 2.59 bits per heavy atom. The molecule has 1 aliphatic carbocycles. The second-order valence-electron chi connectivity index (χ2n) is 9.31. The molecule has 3 aromatic rings. The van der Waals surface area contributed by atoms with Gasteiger partial charge in [0.15, 0.2) is 0 Å². The molecular weight excluding hydrogens is 486 g/mol. The smallest absolute Gasteiger partial charge is 0.389 e. The van der Waals surface area contributed by atoms with Gasteiger partial charge in [-0.1, -0.05) is 6.92 Å². The maximum Gasteiger partial charge on any atom is 0.389 e. The molecule has 192 valence electrons. The Morgan fingerprint density at radius 2 is 2.00 bits per heavy atom. The van der Waals surface area contributed by atoms with Crippen LogP contribution in [0.25, 0.3) is 16.6 Å². The van der Waals surface area contributed by atoms with Gasteiger partial charge in [0.1, 0.15) is 5.41 Å². The zero-order valence-corrected chi connectivity index (χ0v) is 19.9. The SMILES string of the molecule is CC[C@@H]1CN(C(=O)C2(C#N)CC2)C[C@H]1Nc1c(C(N)=O)cnn2cc(-c3cnc(OC(F)F)nc3)cc12. The molecule has 3 N–H and O–H groups in total. The second-order valence-corrected chi connectivity index (χ2v) is 9.31. The molecular formula is C24H24F2N8O3. The summed E-state index contributed by atoms with van der Waals surface area (Å²) in [6, 6.07) is 3.29. The Kier molecular flexibility index (Phi) is 6.10. The van der Waals surface area contributed by atoms with Gasteiger partial charge in [-0.25, -0.2) is 14.5 Å². The molecule has 0 aromatic carbocycles. The highest BCUT2D eigenvalue weighted by atomic mass is 19.3. The molecule has 0 bridgehead atoms. The number of ether oxygens (including phenoxy) is 1. The molecule has 4 heterocycles. The van der Waals surface area contributed by atoms with E-state index in [0.29, 0.717) is 48.3 Å². The third-order valence-corrected chi connectivity index (χ3v) is 7.01. The van der Waals surface area contributed by atoms with Gasteiger partial charge < -0.3 is 20.7 Å². The molecule has 3 aromatic heterocycles. The van der Waals surface area contributed by atoms with E-state index in [1.54, 1.807) is 21.7 Å². The number of nitriles is 1. The summed E-state index contributed by atoms with van der Waals surface area (Å²) in [6.45, 7) is -0.101. The lowest BCUT2D eigenvalue weighted by Crippen LogP contribution is -2.36. The Bertz CT molecular complexity index is 1400. The summed E-state index contributed by atoms with van der Waals surface area (Å²) in [6.07, 6.45) is 7.68. The average Bonchev–Trinajstić information content (AvgIpc) is 3.38. The summed E-state index contributed by atoms with van der Waals surface area (Å²) in [5.41, 5.74) is 7.10. The number of hydrogen-bond donors (Lipinski definition) is 2. The van der Waals surface area contributed by atoms with E-state index < -0.39 is 23.9 Å². The van der Waals surface area contributed by atoms with Crippen LogP contribution in [0.2, 0.25) is 0 Å². The lowest BCUT2D eigenvalue weighted by atomic mass is 10.00. The number of anilines is 1. The van der Waals surface area contributed by atoms with Crippen molar-refractivity contribution < 1.29 is 23.1 Å². The number of fused-ring (bicyclic) bond motifs is 1. The molecule has 37 heavy (non-hydrogen) atoms. The fourth-order valence-electron chi connectivity index (χ4n) is 4.76. The highest BCUT2D eigenvalue weighted by Crippen LogP contribution is 2.47. The summed E-state index contributed by atoms with van der Waals surface area (Å²) in [5, 5.41) is 17.2. The van der Waals surface area contributed by atoms with E-state index in [9.17, 15) is 23.6 Å². The third kappa shape index (κ3) is 4.50. The van der Waals surface area contributed by atoms with Crippen LogP contribution in [0, 0.1) is 22.7 Å². The fourth-order valence-corrected chi connectivity index (χ4v) is 4.76. The number of nitrogens with two attached hydrogens (primary N) is 1. The number of halogens is 2. The van der Waals surface area contributed by atoms with E-state index in [1.807, 2.05) is 6.92 Å². The van der Waals surface area contributed by atoms with E-state index in [4.69, 9.17) is 5.73 Å². The zero-order valence-electron chi connectivity index (χ0n) is 19.9. The molecule has 1 saturated carbocycles. The number of rotatable bonds is 8. The Balaban J connectivity index is 1.46. The maximum atomic E-state index is 13.0. The summed E-state index contributed by atoms with van der Waals surface area (Å²) in [4.78, 5) is 34.6. The van der Waals surface area contributed by atoms with Gasteiger partial charge >= 0.3 is 12.6 Å². The number of amides is 2. The highest BCUT2D eigenvalue weighted by Gasteiger charge is 2.54. The predicted molar refractivity (Wildman–Crippen MR) is 126 cm³/mol. The van der Waals surface area contributed by atoms with Gasteiger partial charge in [-0.3, -0.25) is 9.59 Å². The number of alkyl halides is 2. The summed E-state index contributed by atoms with van der Waals surface area (Å²) >= 11 is 0. The van der Waals surface area contributed by atoms with Crippen molar-refractivity contribution in [2.75, 3.05) is 18.4 Å². The molecule has 0 unspecified atom stereocenters. The molecule has 2 fully saturated rings. The first kappa shape index (κ1) is 24.4. The monoisotopic (exact) mass is 510 g/mol. The van der Waals surface area contributed by atoms with Crippen LogP contribution >= 0.6 is 0 Å². The molecule has 1 saturated heterocycles. The topological polar surface area (TPSA) is 152 Å². The van der Waals surface area contributed by atoms with E-state index in [2.05, 4.69) is 31.2 Å². The van der Waals surface area contributed by atoms with Crippen LogP contribution in [-0.4, -0.2) is 62.0 Å². The number of nitrogens with one attached hydrogen (secondary N) is 1. The predicted octanol–water partition coefficient (Wildman–Crippen LogP) is 2.44. The molecule has 13 heteroatoms. The molecule has 2 amide bonds. The van der Waals surface area contributed by atoms with Crippen molar-refractivity contribution in [3.8, 4) is 23.2 Å². The Hall–Kier alpha value is -4.34. The Labute approximate surface area is 210 Å². The van der Waals surface area contributed by atoms with Crippen molar-refractivity contribution in [1.29, 1.82) is 5.26 Å². The lowest BCUT2D eigenvalue weighted by molar-refractivity contribution is -0.134. The van der Waals surface area contributed by atoms with Gasteiger partial charge in [-0.15, -0.1) is 0 Å². The summed E-state index contributed by atoms with van der Waals surface area (Å²) in [7, 11) is 0. The third-order valence-electron chi connectivity index (χ3n) is 7.01. The van der Waals surface area contributed by atoms with Crippen molar-refractivity contribution in [2.24, 2.45) is 17.1 Å². The van der Waals surface area contributed by atoms with Crippen molar-refractivity contribution in [3.05, 3.63) is 36.4 Å². The highest BCUT2D eigenvalue weighted by molar-refractivity contribution is 6.02. The van der Waals surface area contributed by atoms with Crippen LogP contribution in [0.15, 0.2) is 30.9 Å². The van der Waals surface area contributed by atoms with Crippen molar-refractivity contribution in [2.45, 2.75) is 38.8 Å². The van der Waals surface area contributed by atoms with Gasteiger partial charge in [-0.2, -0.15) is 19.1 Å². The van der Waals surface area contributed by atoms with Gasteiger partial charge in [-0.05, 0) is 31.2 Å². The number of likely N-dealkylation sites (tertiary alicyclic amines) is 1. The van der Waals surface area contributed by atoms with Crippen LogP contribution in [0.1, 0.15) is 36.5 Å². The fraction of sp³-hybridized carbons (Fsp3) is 0.417. The molecule has 5 rings (SSSR count). The first-order valence-corrected chi connectivity index (χ1v) is 11.8. The van der Waals surface area contributed by atoms with Crippen LogP contribution in [-0.2, 0) is 4.79 Å². The van der Waals surface area contributed by atoms with Crippen molar-refractivity contribution in [3.63, 3.8) is 0 Å². The number of primary amides is 1. The molecule has 2 aliphatic rings. The van der Waals surface area contributed by atoms with Crippen LogP contribution in [0.4, 0.5) is 14.5 Å². The van der Waals surface area contributed by atoms with Crippen molar-refractivity contribution in [1.82, 2.24) is 24.5 Å². The minimum atomic E-state index is -3.03. The minimum Gasteiger partial charge on any atom is -0.401 e. The maximum absolute atomic E-state index is 13.0. The molecule has 11 nitrogen and oxygen atoms in total. The van der Waals surface area contributed by atoms with Gasteiger partial charge in [0.25, 0.3) is 5.91 Å². The van der Waals surface area contributed by atoms with Crippen LogP contribution < -0.4 is 15.8 Å². The summed E-state index contributed by atoms with van der Waals surface area (Å²) < 4.78 is 30.6. The quantitative estimate of drug-likeness (QED) is 0.469. The van der Waals surface area contributed by atoms with E-state index in [-0.39, 0.29) is 23.4 Å². The van der Waals surface area contributed by atoms with E-state index >= 15 is 0 Å². The van der Waals surface area contributed by atoms with Crippen LogP contribution in [0.5, 0.6) is 6.01 Å². The molecule has 0 spiro atoms. The number of nitrogens with zero attached hydrogens (tertiary/aromatic N) is 6. The Morgan fingerprint density at radius 1 is 1.27 bits per heavy atom. The van der Waals surface area contributed by atoms with E-state index in [0.717, 1.165) is 6.42 Å². The largest absolute Gasteiger partial charge is 0.401 e. The molecule has 0 radical (unpaired) electrons. The van der Waals surface area contributed by atoms with Crippen LogP contribution in [0.3, 0.4) is 0 Å². The van der Waals surface area contributed by atoms with Gasteiger partial charge in [0, 0.05) is 48.8 Å². The summed E-state index contributed by atoms with van der Waals surface area (Å²) in [5.74, 6) is -0.716. The van der Waals surface area contributed by atoms with E-state index in [1.165, 1.54) is 18.6 Å². The first-order valence-electron chi connectivity index (χ1n) is 11.8. The molecule has 2 atom stereocenters. The number of carbonyl (C=O) groups excluding carboxylic acids is 2. The standard InChI is InChI=1S/C24H24F2N8O3/c1-2-13-9-33(21(36)24(12-27)3-4-24)11-17(13)32-19-16(20(28)35)8-31-34-10-14(5-18(19)34)15-6-29-23(30-7-15)37-22(25)26/h5-8,10,13,17,22,32H,2-4,9,11H2,1H3,(H2,28,35)/t13-,17-/m1/s1. The molecule has 1 aliphatic heterocycles. The van der Waals surface area contributed by atoms with Gasteiger partial charge in [0.05, 0.1) is 29.0 Å². The zero-order chi connectivity index (χ0) is 26.3. The second kappa shape index (κ2) is 9.27. The first-order chi connectivity index (χ1) is 17.7. The van der Waals surface area contributed by atoms with Crippen molar-refractivity contribution >= 4 is 23.0 Å². The minimum absolute atomic E-state index is 0.0950. The average molecular weight is 511 g/mol. The number of aromatic nitrogens is 4. The number of carbonyl (C=O) groups is 2. The normalized spacial score (nSPS) is 20.1.